The molecular formula is C20H25NO4S. The van der Waals surface area contributed by atoms with Crippen LogP contribution in [0.5, 0.6) is 0 Å². The van der Waals surface area contributed by atoms with Crippen molar-refractivity contribution in [3.8, 4) is 0 Å². The van der Waals surface area contributed by atoms with Gasteiger partial charge in [-0.1, -0.05) is 28.8 Å². The second-order valence-electron chi connectivity index (χ2n) is 7.45. The van der Waals surface area contributed by atoms with Gasteiger partial charge in [0, 0.05) is 13.1 Å². The minimum absolute atomic E-state index is 0.277. The predicted molar refractivity (Wildman–Crippen MR) is 100 cm³/mol. The second-order valence-corrected chi connectivity index (χ2v) is 9.39. The van der Waals surface area contributed by atoms with Crippen LogP contribution < -0.4 is 0 Å². The standard InChI is InChI=1S/C20H25NO4S/c1-13-6-8-16(9-7-13)26(23,24)21-11-17-14(2)10-20(4,19(22)25-5)15(3)18(17)12-21/h6-9H,10-12H2,1-5H3. The van der Waals surface area contributed by atoms with Gasteiger partial charge in [0.15, 0.2) is 0 Å². The number of sulfonamides is 1. The van der Waals surface area contributed by atoms with Gasteiger partial charge in [0.05, 0.1) is 17.4 Å². The van der Waals surface area contributed by atoms with Crippen molar-refractivity contribution in [1.29, 1.82) is 0 Å². The van der Waals surface area contributed by atoms with Gasteiger partial charge in [-0.05, 0) is 57.4 Å². The van der Waals surface area contributed by atoms with Gasteiger partial charge in [0.2, 0.25) is 10.0 Å². The maximum atomic E-state index is 13.0. The van der Waals surface area contributed by atoms with Gasteiger partial charge in [-0.3, -0.25) is 4.79 Å². The fraction of sp³-hybridized carbons (Fsp3) is 0.450. The van der Waals surface area contributed by atoms with Crippen molar-refractivity contribution in [3.05, 3.63) is 52.1 Å². The molecule has 1 aromatic carbocycles. The number of nitrogens with zero attached hydrogens (tertiary/aromatic N) is 1. The summed E-state index contributed by atoms with van der Waals surface area (Å²) in [5.74, 6) is -0.277. The molecule has 2 aliphatic rings. The van der Waals surface area contributed by atoms with Crippen LogP contribution in [0.4, 0.5) is 0 Å². The molecule has 1 aromatic rings. The number of ether oxygens (including phenoxy) is 1. The zero-order valence-electron chi connectivity index (χ0n) is 15.9. The molecule has 0 aromatic heterocycles. The Morgan fingerprint density at radius 1 is 1.08 bits per heavy atom. The molecule has 5 nitrogen and oxygen atoms in total. The molecule has 0 spiro atoms. The van der Waals surface area contributed by atoms with E-state index in [1.54, 1.807) is 24.3 Å². The van der Waals surface area contributed by atoms with E-state index in [2.05, 4.69) is 0 Å². The highest BCUT2D eigenvalue weighted by Crippen LogP contribution is 2.47. The first-order valence-corrected chi connectivity index (χ1v) is 10.1. The van der Waals surface area contributed by atoms with Gasteiger partial charge in [-0.15, -0.1) is 0 Å². The quantitative estimate of drug-likeness (QED) is 0.761. The van der Waals surface area contributed by atoms with E-state index in [1.807, 2.05) is 27.7 Å². The smallest absolute Gasteiger partial charge is 0.315 e. The lowest BCUT2D eigenvalue weighted by Crippen LogP contribution is -2.34. The summed E-state index contributed by atoms with van der Waals surface area (Å²) in [6.45, 7) is 8.34. The Bertz CT molecular complexity index is 925. The predicted octanol–water partition coefficient (Wildman–Crippen LogP) is 3.22. The van der Waals surface area contributed by atoms with Crippen molar-refractivity contribution in [1.82, 2.24) is 4.31 Å². The first kappa shape index (κ1) is 18.9. The molecule has 1 heterocycles. The van der Waals surface area contributed by atoms with Gasteiger partial charge in [0.1, 0.15) is 0 Å². The van der Waals surface area contributed by atoms with Crippen molar-refractivity contribution in [3.63, 3.8) is 0 Å². The average Bonchev–Trinajstić information content (AvgIpc) is 3.06. The normalized spacial score (nSPS) is 24.0. The van der Waals surface area contributed by atoms with Crippen molar-refractivity contribution < 1.29 is 17.9 Å². The molecule has 1 fully saturated rings. The van der Waals surface area contributed by atoms with E-state index in [0.717, 1.165) is 27.9 Å². The summed E-state index contributed by atoms with van der Waals surface area (Å²) in [6, 6.07) is 6.90. The summed E-state index contributed by atoms with van der Waals surface area (Å²) >= 11 is 0. The number of hydrogen-bond acceptors (Lipinski definition) is 4. The topological polar surface area (TPSA) is 63.7 Å². The van der Waals surface area contributed by atoms with E-state index in [-0.39, 0.29) is 5.97 Å². The lowest BCUT2D eigenvalue weighted by Gasteiger charge is -2.34. The van der Waals surface area contributed by atoms with Gasteiger partial charge >= 0.3 is 5.97 Å². The van der Waals surface area contributed by atoms with Crippen LogP contribution in [0.25, 0.3) is 0 Å². The molecule has 0 N–H and O–H groups in total. The Hall–Kier alpha value is -1.92. The Balaban J connectivity index is 2.02. The molecule has 1 saturated heterocycles. The highest BCUT2D eigenvalue weighted by molar-refractivity contribution is 7.89. The van der Waals surface area contributed by atoms with E-state index >= 15 is 0 Å². The Morgan fingerprint density at radius 2 is 1.65 bits per heavy atom. The van der Waals surface area contributed by atoms with Crippen molar-refractivity contribution >= 4 is 16.0 Å². The van der Waals surface area contributed by atoms with Crippen LogP contribution in [-0.4, -0.2) is 38.9 Å². The van der Waals surface area contributed by atoms with E-state index in [4.69, 9.17) is 4.74 Å². The molecular weight excluding hydrogens is 350 g/mol. The Morgan fingerprint density at radius 3 is 2.23 bits per heavy atom. The number of benzene rings is 1. The lowest BCUT2D eigenvalue weighted by molar-refractivity contribution is -0.149. The van der Waals surface area contributed by atoms with Crippen LogP contribution in [0.15, 0.2) is 51.5 Å². The molecule has 1 aliphatic carbocycles. The fourth-order valence-corrected chi connectivity index (χ4v) is 5.30. The number of methoxy groups -OCH3 is 1. The molecule has 1 aliphatic heterocycles. The van der Waals surface area contributed by atoms with Crippen LogP contribution >= 0.6 is 0 Å². The number of fused-ring (bicyclic) bond motifs is 1. The molecule has 140 valence electrons. The average molecular weight is 375 g/mol. The number of hydrogen-bond donors (Lipinski definition) is 0. The van der Waals surface area contributed by atoms with E-state index in [1.165, 1.54) is 11.4 Å². The number of rotatable bonds is 3. The van der Waals surface area contributed by atoms with Crippen molar-refractivity contribution in [2.45, 2.75) is 39.0 Å². The molecule has 1 unspecified atom stereocenters. The lowest BCUT2D eigenvalue weighted by atomic mass is 9.70. The Labute approximate surface area is 155 Å². The third kappa shape index (κ3) is 2.81. The summed E-state index contributed by atoms with van der Waals surface area (Å²) in [7, 11) is -2.18. The highest BCUT2D eigenvalue weighted by Gasteiger charge is 2.45. The third-order valence-corrected chi connectivity index (χ3v) is 7.55. The minimum Gasteiger partial charge on any atom is -0.468 e. The molecule has 26 heavy (non-hydrogen) atoms. The van der Waals surface area contributed by atoms with Gasteiger partial charge in [-0.2, -0.15) is 4.31 Å². The number of allylic oxidation sites excluding steroid dienone is 1. The maximum absolute atomic E-state index is 13.0. The van der Waals surface area contributed by atoms with Crippen LogP contribution in [-0.2, 0) is 19.6 Å². The van der Waals surface area contributed by atoms with Crippen LogP contribution in [0.2, 0.25) is 0 Å². The number of esters is 1. The summed E-state index contributed by atoms with van der Waals surface area (Å²) < 4.78 is 32.6. The van der Waals surface area contributed by atoms with Gasteiger partial charge < -0.3 is 4.74 Å². The van der Waals surface area contributed by atoms with E-state index < -0.39 is 15.4 Å². The maximum Gasteiger partial charge on any atom is 0.315 e. The zero-order valence-corrected chi connectivity index (χ0v) is 16.7. The van der Waals surface area contributed by atoms with Crippen molar-refractivity contribution in [2.24, 2.45) is 5.41 Å². The first-order chi connectivity index (χ1) is 12.1. The van der Waals surface area contributed by atoms with E-state index in [9.17, 15) is 13.2 Å². The van der Waals surface area contributed by atoms with Crippen LogP contribution in [0.3, 0.4) is 0 Å². The molecule has 0 amide bonds. The molecule has 6 heteroatoms. The summed E-state index contributed by atoms with van der Waals surface area (Å²) in [6.07, 6.45) is 0.558. The number of carbonyl (C=O) groups excluding carboxylic acids is 1. The number of carbonyl (C=O) groups is 1. The molecule has 3 rings (SSSR count). The van der Waals surface area contributed by atoms with Crippen LogP contribution in [0, 0.1) is 12.3 Å². The van der Waals surface area contributed by atoms with E-state index in [0.29, 0.717) is 24.4 Å². The first-order valence-electron chi connectivity index (χ1n) is 8.65. The van der Waals surface area contributed by atoms with Gasteiger partial charge in [0.25, 0.3) is 0 Å². The molecule has 0 bridgehead atoms. The summed E-state index contributed by atoms with van der Waals surface area (Å²) in [4.78, 5) is 12.7. The fourth-order valence-electron chi connectivity index (χ4n) is 3.92. The largest absolute Gasteiger partial charge is 0.468 e. The molecule has 0 saturated carbocycles. The van der Waals surface area contributed by atoms with Gasteiger partial charge in [-0.25, -0.2) is 8.42 Å². The van der Waals surface area contributed by atoms with Crippen molar-refractivity contribution in [2.75, 3.05) is 20.2 Å². The molecule has 1 atom stereocenters. The monoisotopic (exact) mass is 375 g/mol. The van der Waals surface area contributed by atoms with Crippen LogP contribution in [0.1, 0.15) is 32.8 Å². The minimum atomic E-state index is -3.57. The number of aryl methyl sites for hydroxylation is 1. The highest BCUT2D eigenvalue weighted by atomic mass is 32.2. The third-order valence-electron chi connectivity index (χ3n) is 5.74. The Kier molecular flexibility index (Phi) is 4.61. The second kappa shape index (κ2) is 6.35. The summed E-state index contributed by atoms with van der Waals surface area (Å²) in [5, 5.41) is 0. The molecule has 0 radical (unpaired) electrons. The SMILES string of the molecule is COC(=O)C1(C)CC(C)=C2CN(S(=O)(=O)c3ccc(C)cc3)CC2=C1C. The summed E-state index contributed by atoms with van der Waals surface area (Å²) in [5.41, 5.74) is 4.25. The zero-order chi connectivity index (χ0) is 19.3.